The number of anilines is 2. The first-order valence-electron chi connectivity index (χ1n) is 8.04. The Morgan fingerprint density at radius 1 is 1.12 bits per heavy atom. The number of carbonyl (C=O) groups is 1. The van der Waals surface area contributed by atoms with Gasteiger partial charge in [-0.3, -0.25) is 9.52 Å². The first kappa shape index (κ1) is 18.3. The van der Waals surface area contributed by atoms with Crippen molar-refractivity contribution in [3.8, 4) is 0 Å². The van der Waals surface area contributed by atoms with Crippen molar-refractivity contribution in [2.75, 3.05) is 10.0 Å². The van der Waals surface area contributed by atoms with Gasteiger partial charge in [0.1, 0.15) is 0 Å². The third kappa shape index (κ3) is 3.71. The van der Waals surface area contributed by atoms with Crippen molar-refractivity contribution in [3.63, 3.8) is 0 Å². The zero-order valence-corrected chi connectivity index (χ0v) is 16.2. The van der Waals surface area contributed by atoms with E-state index in [0.717, 1.165) is 21.5 Å². The molecule has 0 aliphatic carbocycles. The van der Waals surface area contributed by atoms with Gasteiger partial charge in [0.25, 0.3) is 5.91 Å². The standard InChI is InChI=1S/C18H19N3O3S2/c1-11(2)26(23,24)21-14-6-4-13(5-7-14)18(22)20-15-8-9-16-17(12(15)3)25-10-19-16/h4-11,21H,1-3H3,(H,20,22). The number of amides is 1. The SMILES string of the molecule is Cc1c(NC(=O)c2ccc(NS(=O)(=O)C(C)C)cc2)ccc2ncsc12. The summed E-state index contributed by atoms with van der Waals surface area (Å²) in [6, 6.07) is 10.0. The van der Waals surface area contributed by atoms with E-state index in [1.165, 1.54) is 11.3 Å². The van der Waals surface area contributed by atoms with Crippen molar-refractivity contribution in [2.45, 2.75) is 26.0 Å². The Morgan fingerprint density at radius 2 is 1.81 bits per heavy atom. The van der Waals surface area contributed by atoms with Crippen molar-refractivity contribution in [1.82, 2.24) is 4.98 Å². The molecule has 0 fully saturated rings. The molecule has 0 saturated carbocycles. The Kier molecular flexibility index (Phi) is 4.97. The average Bonchev–Trinajstić information content (AvgIpc) is 3.07. The monoisotopic (exact) mass is 389 g/mol. The van der Waals surface area contributed by atoms with Crippen LogP contribution in [0, 0.1) is 6.92 Å². The summed E-state index contributed by atoms with van der Waals surface area (Å²) in [7, 11) is -3.41. The molecule has 0 spiro atoms. The molecule has 0 unspecified atom stereocenters. The Balaban J connectivity index is 1.76. The highest BCUT2D eigenvalue weighted by Crippen LogP contribution is 2.28. The number of carbonyl (C=O) groups excluding carboxylic acids is 1. The maximum absolute atomic E-state index is 12.5. The zero-order valence-electron chi connectivity index (χ0n) is 14.6. The van der Waals surface area contributed by atoms with Crippen LogP contribution in [0.2, 0.25) is 0 Å². The van der Waals surface area contributed by atoms with Gasteiger partial charge in [0.2, 0.25) is 10.0 Å². The van der Waals surface area contributed by atoms with Crippen LogP contribution in [0.15, 0.2) is 41.9 Å². The number of fused-ring (bicyclic) bond motifs is 1. The number of benzene rings is 2. The van der Waals surface area contributed by atoms with Crippen molar-refractivity contribution in [3.05, 3.63) is 53.0 Å². The molecule has 0 atom stereocenters. The minimum atomic E-state index is -3.41. The van der Waals surface area contributed by atoms with Crippen molar-refractivity contribution < 1.29 is 13.2 Å². The predicted octanol–water partition coefficient (Wildman–Crippen LogP) is 4.01. The first-order valence-corrected chi connectivity index (χ1v) is 10.5. The molecule has 0 bridgehead atoms. The molecule has 1 heterocycles. The fraction of sp³-hybridized carbons (Fsp3) is 0.222. The van der Waals surface area contributed by atoms with E-state index in [1.54, 1.807) is 43.6 Å². The van der Waals surface area contributed by atoms with E-state index >= 15 is 0 Å². The summed E-state index contributed by atoms with van der Waals surface area (Å²) in [5.41, 5.74) is 5.27. The summed E-state index contributed by atoms with van der Waals surface area (Å²) in [5, 5.41) is 2.36. The van der Waals surface area contributed by atoms with Crippen LogP contribution in [0.4, 0.5) is 11.4 Å². The number of sulfonamides is 1. The third-order valence-corrected chi connectivity index (χ3v) is 6.75. The lowest BCUT2D eigenvalue weighted by atomic mass is 10.1. The predicted molar refractivity (Wildman–Crippen MR) is 106 cm³/mol. The molecule has 2 N–H and O–H groups in total. The number of hydrogen-bond acceptors (Lipinski definition) is 5. The molecular formula is C18H19N3O3S2. The molecule has 136 valence electrons. The van der Waals surface area contributed by atoms with Gasteiger partial charge in [0.05, 0.1) is 21.0 Å². The van der Waals surface area contributed by atoms with Gasteiger partial charge >= 0.3 is 0 Å². The third-order valence-electron chi connectivity index (χ3n) is 4.02. The maximum Gasteiger partial charge on any atom is 0.255 e. The van der Waals surface area contributed by atoms with Gasteiger partial charge in [-0.1, -0.05) is 0 Å². The molecule has 3 aromatic rings. The van der Waals surface area contributed by atoms with E-state index in [0.29, 0.717) is 11.3 Å². The molecule has 6 nitrogen and oxygen atoms in total. The number of nitrogens with one attached hydrogen (secondary N) is 2. The Morgan fingerprint density at radius 3 is 2.46 bits per heavy atom. The number of aromatic nitrogens is 1. The smallest absolute Gasteiger partial charge is 0.255 e. The molecule has 1 aromatic heterocycles. The van der Waals surface area contributed by atoms with Crippen LogP contribution in [0.5, 0.6) is 0 Å². The molecule has 2 aromatic carbocycles. The normalized spacial score (nSPS) is 11.7. The molecular weight excluding hydrogens is 370 g/mol. The van der Waals surface area contributed by atoms with Crippen LogP contribution in [-0.4, -0.2) is 24.6 Å². The van der Waals surface area contributed by atoms with Crippen LogP contribution in [0.25, 0.3) is 10.2 Å². The maximum atomic E-state index is 12.5. The lowest BCUT2D eigenvalue weighted by Gasteiger charge is -2.12. The molecule has 8 heteroatoms. The van der Waals surface area contributed by atoms with Gasteiger partial charge in [0, 0.05) is 16.9 Å². The zero-order chi connectivity index (χ0) is 18.9. The highest BCUT2D eigenvalue weighted by molar-refractivity contribution is 7.93. The molecule has 0 radical (unpaired) electrons. The van der Waals surface area contributed by atoms with Crippen LogP contribution in [0.3, 0.4) is 0 Å². The van der Waals surface area contributed by atoms with Crippen molar-refractivity contribution in [1.29, 1.82) is 0 Å². The van der Waals surface area contributed by atoms with E-state index in [1.807, 2.05) is 19.1 Å². The van der Waals surface area contributed by atoms with Gasteiger partial charge in [-0.25, -0.2) is 13.4 Å². The van der Waals surface area contributed by atoms with E-state index in [-0.39, 0.29) is 5.91 Å². The van der Waals surface area contributed by atoms with Crippen LogP contribution >= 0.6 is 11.3 Å². The number of thiazole rings is 1. The van der Waals surface area contributed by atoms with Gasteiger partial charge in [-0.15, -0.1) is 11.3 Å². The number of rotatable bonds is 5. The lowest BCUT2D eigenvalue weighted by molar-refractivity contribution is 0.102. The highest BCUT2D eigenvalue weighted by atomic mass is 32.2. The van der Waals surface area contributed by atoms with E-state index < -0.39 is 15.3 Å². The summed E-state index contributed by atoms with van der Waals surface area (Å²) in [5.74, 6) is -0.254. The van der Waals surface area contributed by atoms with Crippen molar-refractivity contribution in [2.24, 2.45) is 0 Å². The van der Waals surface area contributed by atoms with E-state index in [2.05, 4.69) is 15.0 Å². The number of aryl methyl sites for hydroxylation is 1. The van der Waals surface area contributed by atoms with Crippen LogP contribution in [-0.2, 0) is 10.0 Å². The topological polar surface area (TPSA) is 88.2 Å². The Bertz CT molecular complexity index is 1050. The van der Waals surface area contributed by atoms with E-state index in [9.17, 15) is 13.2 Å². The highest BCUT2D eigenvalue weighted by Gasteiger charge is 2.16. The Labute approximate surface area is 156 Å². The Hall–Kier alpha value is -2.45. The summed E-state index contributed by atoms with van der Waals surface area (Å²) in [6.45, 7) is 5.15. The second-order valence-corrected chi connectivity index (χ2v) is 9.26. The fourth-order valence-corrected chi connectivity index (χ4v) is 3.87. The molecule has 0 aliphatic heterocycles. The second kappa shape index (κ2) is 7.05. The minimum Gasteiger partial charge on any atom is -0.322 e. The summed E-state index contributed by atoms with van der Waals surface area (Å²) >= 11 is 1.53. The van der Waals surface area contributed by atoms with Gasteiger partial charge in [-0.05, 0) is 62.7 Å². The van der Waals surface area contributed by atoms with Crippen molar-refractivity contribution >= 4 is 48.9 Å². The first-order chi connectivity index (χ1) is 12.3. The molecule has 26 heavy (non-hydrogen) atoms. The summed E-state index contributed by atoms with van der Waals surface area (Å²) in [6.07, 6.45) is 0. The quantitative estimate of drug-likeness (QED) is 0.690. The van der Waals surface area contributed by atoms with E-state index in [4.69, 9.17) is 0 Å². The minimum absolute atomic E-state index is 0.254. The van der Waals surface area contributed by atoms with Gasteiger partial charge in [-0.2, -0.15) is 0 Å². The molecule has 1 amide bonds. The van der Waals surface area contributed by atoms with Gasteiger partial charge < -0.3 is 5.32 Å². The fourth-order valence-electron chi connectivity index (χ4n) is 2.37. The van der Waals surface area contributed by atoms with Crippen LogP contribution in [0.1, 0.15) is 29.8 Å². The summed E-state index contributed by atoms with van der Waals surface area (Å²) < 4.78 is 27.3. The summed E-state index contributed by atoms with van der Waals surface area (Å²) in [4.78, 5) is 16.7. The average molecular weight is 390 g/mol. The molecule has 3 rings (SSSR count). The lowest BCUT2D eigenvalue weighted by Crippen LogP contribution is -2.22. The largest absolute Gasteiger partial charge is 0.322 e. The van der Waals surface area contributed by atoms with Crippen LogP contribution < -0.4 is 10.0 Å². The van der Waals surface area contributed by atoms with Gasteiger partial charge in [0.15, 0.2) is 0 Å². The number of nitrogens with zero attached hydrogens (tertiary/aromatic N) is 1. The second-order valence-electron chi connectivity index (χ2n) is 6.17. The number of hydrogen-bond donors (Lipinski definition) is 2. The molecule has 0 saturated heterocycles. The molecule has 0 aliphatic rings.